The van der Waals surface area contributed by atoms with Gasteiger partial charge in [-0.3, -0.25) is 33.5 Å². The number of carbonyl (C=O) groups is 4. The normalized spacial score (nSPS) is 16.5. The Morgan fingerprint density at radius 3 is 1.61 bits per heavy atom. The number of H-pyrrole nitrogens is 1. The molecule has 0 spiro atoms. The van der Waals surface area contributed by atoms with Crippen molar-refractivity contribution < 1.29 is 88.2 Å². The van der Waals surface area contributed by atoms with Crippen molar-refractivity contribution >= 4 is 35.6 Å². The number of aromatic amines is 1. The SMILES string of the molecule is CCCCN(CCCCN(CCCNC(=O)CCn1cc([C@@H]2O[C@H](CO)C(O)[C@@H]2O)c(=O)[nH]c1=O)C(=O)C(F)(F)F)C(=O)C(F)(F)F.COc1ccc(C(Cl)(c2ccccc2)c2ccc(OC)cc2)cc1.O=CC(F)(F)F. The van der Waals surface area contributed by atoms with Gasteiger partial charge in [-0.25, -0.2) is 4.79 Å². The van der Waals surface area contributed by atoms with Crippen LogP contribution in [0.4, 0.5) is 39.5 Å². The number of aliphatic hydroxyl groups is 3. The number of aryl methyl sites for hydroxylation is 1. The number of aromatic nitrogens is 2. The van der Waals surface area contributed by atoms with Crippen LogP contribution in [0.1, 0.15) is 73.8 Å². The van der Waals surface area contributed by atoms with Crippen molar-refractivity contribution in [3.05, 3.63) is 128 Å². The second kappa shape index (κ2) is 29.9. The van der Waals surface area contributed by atoms with E-state index in [1.807, 2.05) is 83.8 Å². The number of aliphatic hydroxyl groups excluding tert-OH is 3. The van der Waals surface area contributed by atoms with Crippen LogP contribution in [0.25, 0.3) is 0 Å². The van der Waals surface area contributed by atoms with E-state index in [2.05, 4.69) is 5.32 Å². The minimum absolute atomic E-state index is 0.0931. The largest absolute Gasteiger partial charge is 0.497 e. The molecule has 77 heavy (non-hydrogen) atoms. The predicted molar refractivity (Wildman–Crippen MR) is 260 cm³/mol. The van der Waals surface area contributed by atoms with Gasteiger partial charge in [0.15, 0.2) is 0 Å². The average molecular weight is 1130 g/mol. The zero-order valence-corrected chi connectivity index (χ0v) is 42.6. The van der Waals surface area contributed by atoms with Gasteiger partial charge in [-0.1, -0.05) is 67.9 Å². The highest BCUT2D eigenvalue weighted by molar-refractivity contribution is 6.28. The fraction of sp³-hybridized carbons (Fsp3) is 0.480. The first-order chi connectivity index (χ1) is 36.2. The number of amides is 3. The minimum atomic E-state index is -5.22. The number of hydrogen-bond acceptors (Lipinski definition) is 12. The number of rotatable bonds is 22. The number of nitrogens with one attached hydrogen (secondary N) is 2. The first-order valence-electron chi connectivity index (χ1n) is 23.7. The molecule has 1 unspecified atom stereocenters. The average Bonchev–Trinajstić information content (AvgIpc) is 3.69. The summed E-state index contributed by atoms with van der Waals surface area (Å²) in [6.07, 6.45) is -20.5. The number of unbranched alkanes of at least 4 members (excludes halogenated alkanes) is 2. The van der Waals surface area contributed by atoms with Crippen LogP contribution in [0, 0.1) is 0 Å². The molecule has 27 heteroatoms. The Bertz CT molecular complexity index is 2560. The van der Waals surface area contributed by atoms with Gasteiger partial charge in [0.05, 0.1) is 26.4 Å². The van der Waals surface area contributed by atoms with Crippen molar-refractivity contribution in [3.63, 3.8) is 0 Å². The summed E-state index contributed by atoms with van der Waals surface area (Å²) in [4.78, 5) is 71.3. The van der Waals surface area contributed by atoms with E-state index in [0.29, 0.717) is 22.6 Å². The van der Waals surface area contributed by atoms with Crippen LogP contribution >= 0.6 is 11.6 Å². The molecular weight excluding hydrogens is 1070 g/mol. The van der Waals surface area contributed by atoms with E-state index in [1.165, 1.54) is 0 Å². The number of carbonyl (C=O) groups excluding carboxylic acids is 4. The van der Waals surface area contributed by atoms with Crippen LogP contribution in [0.2, 0.25) is 0 Å². The molecule has 5 N–H and O–H groups in total. The zero-order chi connectivity index (χ0) is 57.7. The van der Waals surface area contributed by atoms with E-state index in [0.717, 1.165) is 39.0 Å². The van der Waals surface area contributed by atoms with Gasteiger partial charge in [0.2, 0.25) is 12.2 Å². The molecule has 3 aromatic carbocycles. The lowest BCUT2D eigenvalue weighted by Crippen LogP contribution is -2.44. The fourth-order valence-electron chi connectivity index (χ4n) is 7.61. The van der Waals surface area contributed by atoms with Crippen LogP contribution in [-0.4, -0.2) is 149 Å². The molecule has 2 heterocycles. The van der Waals surface area contributed by atoms with Crippen LogP contribution in [0.3, 0.4) is 0 Å². The Labute approximate surface area is 440 Å². The van der Waals surface area contributed by atoms with Crippen molar-refractivity contribution in [2.24, 2.45) is 0 Å². The van der Waals surface area contributed by atoms with Crippen molar-refractivity contribution in [3.8, 4) is 11.5 Å². The van der Waals surface area contributed by atoms with Crippen molar-refractivity contribution in [2.45, 2.75) is 99.8 Å². The van der Waals surface area contributed by atoms with Gasteiger partial charge in [0.25, 0.3) is 5.56 Å². The molecule has 0 saturated carbocycles. The Morgan fingerprint density at radius 1 is 0.740 bits per heavy atom. The van der Waals surface area contributed by atoms with Gasteiger partial charge < -0.3 is 44.6 Å². The van der Waals surface area contributed by atoms with E-state index < -0.39 is 103 Å². The number of benzene rings is 3. The summed E-state index contributed by atoms with van der Waals surface area (Å²) in [7, 11) is 3.31. The molecule has 1 fully saturated rings. The third-order valence-corrected chi connectivity index (χ3v) is 12.3. The zero-order valence-electron chi connectivity index (χ0n) is 41.8. The van der Waals surface area contributed by atoms with Crippen LogP contribution < -0.4 is 26.0 Å². The minimum Gasteiger partial charge on any atom is -0.497 e. The van der Waals surface area contributed by atoms with Crippen molar-refractivity contribution in [2.75, 3.05) is 53.6 Å². The van der Waals surface area contributed by atoms with E-state index in [4.69, 9.17) is 30.6 Å². The molecule has 0 radical (unpaired) electrons. The van der Waals surface area contributed by atoms with Crippen LogP contribution in [-0.2, 0) is 35.3 Å². The third kappa shape index (κ3) is 19.5. The lowest BCUT2D eigenvalue weighted by atomic mass is 9.84. The summed E-state index contributed by atoms with van der Waals surface area (Å²) in [6, 6.07) is 25.8. The Kier molecular flexibility index (Phi) is 25.1. The molecule has 1 aliphatic heterocycles. The number of ether oxygens (including phenoxy) is 3. The fourth-order valence-corrected chi connectivity index (χ4v) is 7.99. The maximum atomic E-state index is 13.1. The maximum absolute atomic E-state index is 13.1. The molecule has 4 aromatic rings. The standard InChI is InChI=1S/C27H39F6N5O9.C21H19ClO2.C2HF3O/c1-2-3-9-36(23(44)26(28,29)30)10-4-5-11-37(24(45)27(31,32)33)12-6-8-34-18(40)7-13-38-14-16(22(43)35-25(38)46)21-20(42)19(41)17(15-39)47-21;1-23-19-12-8-17(9-13-19)21(22,16-6-4-3-5-7-16)18-10-14-20(24-2)15-11-18;3-2(4,5)1-6/h14,17,19-21,39,41-42H,2-13,15H2,1H3,(H,34,40)(H,35,43,46);3-15H,1-2H3;1H/t17-,19?,20+,21+;;/m1../s1. The number of aldehydes is 1. The molecule has 4 atom stereocenters. The number of nitrogens with zero attached hydrogens (tertiary/aromatic N) is 3. The third-order valence-electron chi connectivity index (χ3n) is 11.6. The number of hydrogen-bond donors (Lipinski definition) is 5. The van der Waals surface area contributed by atoms with Crippen molar-refractivity contribution in [1.29, 1.82) is 0 Å². The van der Waals surface area contributed by atoms with Crippen molar-refractivity contribution in [1.82, 2.24) is 24.7 Å². The summed E-state index contributed by atoms with van der Waals surface area (Å²) >= 11 is 7.22. The number of methoxy groups -OCH3 is 2. The summed E-state index contributed by atoms with van der Waals surface area (Å²) in [6.45, 7) is -0.849. The molecule has 1 aromatic heterocycles. The summed E-state index contributed by atoms with van der Waals surface area (Å²) in [5, 5.41) is 31.8. The first-order valence-corrected chi connectivity index (χ1v) is 24.1. The summed E-state index contributed by atoms with van der Waals surface area (Å²) in [5.41, 5.74) is 0.912. The molecular formula is C50H59ClF9N5O12. The van der Waals surface area contributed by atoms with E-state index >= 15 is 0 Å². The summed E-state index contributed by atoms with van der Waals surface area (Å²) in [5.74, 6) is -3.25. The highest BCUT2D eigenvalue weighted by atomic mass is 35.5. The van der Waals surface area contributed by atoms with Gasteiger partial charge >= 0.3 is 36.0 Å². The predicted octanol–water partition coefficient (Wildman–Crippen LogP) is 5.93. The quantitative estimate of drug-likeness (QED) is 0.0203. The van der Waals surface area contributed by atoms with Gasteiger partial charge in [-0.2, -0.15) is 39.5 Å². The summed E-state index contributed by atoms with van der Waals surface area (Å²) < 4.78 is 126. The van der Waals surface area contributed by atoms with E-state index in [-0.39, 0.29) is 57.4 Å². The monoisotopic (exact) mass is 1130 g/mol. The Balaban J connectivity index is 0.000000427. The number of alkyl halides is 10. The lowest BCUT2D eigenvalue weighted by molar-refractivity contribution is -0.186. The van der Waals surface area contributed by atoms with E-state index in [1.54, 1.807) is 21.1 Å². The van der Waals surface area contributed by atoms with Crippen LogP contribution in [0.5, 0.6) is 11.5 Å². The topological polar surface area (TPSA) is 230 Å². The molecule has 1 aliphatic rings. The second-order valence-corrected chi connectivity index (χ2v) is 17.6. The highest BCUT2D eigenvalue weighted by Crippen LogP contribution is 2.44. The lowest BCUT2D eigenvalue weighted by Gasteiger charge is -2.29. The first kappa shape index (κ1) is 64.8. The Hall–Kier alpha value is -6.48. The highest BCUT2D eigenvalue weighted by Gasteiger charge is 2.45. The van der Waals surface area contributed by atoms with Gasteiger partial charge in [0.1, 0.15) is 40.8 Å². The van der Waals surface area contributed by atoms with Gasteiger partial charge in [0, 0.05) is 51.9 Å². The second-order valence-electron chi connectivity index (χ2n) is 17.0. The Morgan fingerprint density at radius 2 is 1.19 bits per heavy atom. The molecule has 0 bridgehead atoms. The number of halogens is 10. The maximum Gasteiger partial charge on any atom is 0.471 e. The van der Waals surface area contributed by atoms with Crippen LogP contribution in [0.15, 0.2) is 94.6 Å². The smallest absolute Gasteiger partial charge is 0.471 e. The van der Waals surface area contributed by atoms with E-state index in [9.17, 15) is 78.8 Å². The molecule has 1 saturated heterocycles. The van der Waals surface area contributed by atoms with Gasteiger partial charge in [-0.15, -0.1) is 11.6 Å². The molecule has 3 amide bonds. The molecule has 17 nitrogen and oxygen atoms in total. The molecule has 426 valence electrons. The molecule has 5 rings (SSSR count). The molecule has 0 aliphatic carbocycles. The van der Waals surface area contributed by atoms with Gasteiger partial charge in [-0.05, 0) is 66.6 Å².